The van der Waals surface area contributed by atoms with Crippen LogP contribution in [0.3, 0.4) is 0 Å². The van der Waals surface area contributed by atoms with E-state index in [1.807, 2.05) is 30.3 Å². The lowest BCUT2D eigenvalue weighted by Gasteiger charge is -2.31. The molecule has 0 radical (unpaired) electrons. The van der Waals surface area contributed by atoms with E-state index in [9.17, 15) is 18.0 Å². The fourth-order valence-electron chi connectivity index (χ4n) is 3.89. The number of halogens is 1. The zero-order chi connectivity index (χ0) is 22.6. The topological polar surface area (TPSA) is 74.8 Å². The second kappa shape index (κ2) is 9.94. The van der Waals surface area contributed by atoms with E-state index in [4.69, 9.17) is 11.6 Å². The van der Waals surface area contributed by atoms with Gasteiger partial charge in [-0.2, -0.15) is 4.31 Å². The highest BCUT2D eigenvalue weighted by Crippen LogP contribution is 2.27. The number of carbonyl (C=O) groups is 2. The third kappa shape index (κ3) is 5.00. The quantitative estimate of drug-likeness (QED) is 0.580. The minimum Gasteiger partial charge on any atom is -0.339 e. The van der Waals surface area contributed by atoms with Crippen LogP contribution in [0.5, 0.6) is 0 Å². The van der Waals surface area contributed by atoms with Gasteiger partial charge in [-0.05, 0) is 31.0 Å². The average molecular weight is 463 g/mol. The van der Waals surface area contributed by atoms with Crippen LogP contribution in [-0.4, -0.2) is 55.5 Å². The van der Waals surface area contributed by atoms with Gasteiger partial charge < -0.3 is 4.90 Å². The summed E-state index contributed by atoms with van der Waals surface area (Å²) in [6.07, 6.45) is 1.13. The first-order valence-electron chi connectivity index (χ1n) is 10.5. The van der Waals surface area contributed by atoms with E-state index in [-0.39, 0.29) is 33.1 Å². The molecule has 0 saturated carbocycles. The van der Waals surface area contributed by atoms with Crippen LogP contribution in [0.25, 0.3) is 0 Å². The zero-order valence-electron chi connectivity index (χ0n) is 17.8. The molecule has 2 aromatic carbocycles. The van der Waals surface area contributed by atoms with Crippen LogP contribution >= 0.6 is 11.6 Å². The molecule has 31 heavy (non-hydrogen) atoms. The molecular weight excluding hydrogens is 436 g/mol. The van der Waals surface area contributed by atoms with Gasteiger partial charge in [-0.15, -0.1) is 0 Å². The molecule has 2 aromatic rings. The molecule has 1 saturated heterocycles. The molecule has 3 rings (SSSR count). The molecule has 0 aliphatic carbocycles. The molecule has 0 aromatic heterocycles. The number of nitrogens with zero attached hydrogens (tertiary/aromatic N) is 2. The van der Waals surface area contributed by atoms with Crippen LogP contribution in [0, 0.1) is 5.92 Å². The number of likely N-dealkylation sites (tertiary alicyclic amines) is 1. The van der Waals surface area contributed by atoms with Crippen molar-refractivity contribution in [3.05, 3.63) is 64.7 Å². The summed E-state index contributed by atoms with van der Waals surface area (Å²) in [5.41, 5.74) is 0.854. The maximum Gasteiger partial charge on any atom is 0.255 e. The Morgan fingerprint density at radius 2 is 1.65 bits per heavy atom. The van der Waals surface area contributed by atoms with Gasteiger partial charge in [0.05, 0.1) is 15.5 Å². The van der Waals surface area contributed by atoms with Gasteiger partial charge in [0.15, 0.2) is 5.78 Å². The monoisotopic (exact) mass is 462 g/mol. The number of ketones is 1. The van der Waals surface area contributed by atoms with Crippen molar-refractivity contribution in [1.82, 2.24) is 9.21 Å². The maximum absolute atomic E-state index is 13.1. The molecule has 0 atom stereocenters. The van der Waals surface area contributed by atoms with Crippen molar-refractivity contribution in [2.45, 2.75) is 31.6 Å². The Hall–Kier alpha value is -2.22. The van der Waals surface area contributed by atoms with Crippen molar-refractivity contribution < 1.29 is 18.0 Å². The van der Waals surface area contributed by atoms with E-state index in [0.29, 0.717) is 44.6 Å². The Morgan fingerprint density at radius 1 is 1.03 bits per heavy atom. The minimum atomic E-state index is -3.70. The molecule has 1 amide bonds. The van der Waals surface area contributed by atoms with E-state index in [1.165, 1.54) is 22.5 Å². The number of sulfonamides is 1. The smallest absolute Gasteiger partial charge is 0.255 e. The van der Waals surface area contributed by atoms with Crippen molar-refractivity contribution in [3.8, 4) is 0 Å². The van der Waals surface area contributed by atoms with Crippen LogP contribution in [-0.2, 0) is 10.0 Å². The molecule has 1 fully saturated rings. The average Bonchev–Trinajstić information content (AvgIpc) is 2.79. The number of carbonyl (C=O) groups excluding carboxylic acids is 2. The predicted molar refractivity (Wildman–Crippen MR) is 121 cm³/mol. The van der Waals surface area contributed by atoms with Crippen LogP contribution in [0.1, 0.15) is 47.4 Å². The number of rotatable bonds is 7. The van der Waals surface area contributed by atoms with E-state index in [0.717, 1.165) is 0 Å². The summed E-state index contributed by atoms with van der Waals surface area (Å²) in [4.78, 5) is 27.5. The highest BCUT2D eigenvalue weighted by molar-refractivity contribution is 7.89. The Labute approximate surface area is 188 Å². The Morgan fingerprint density at radius 3 is 2.23 bits per heavy atom. The molecule has 8 heteroatoms. The summed E-state index contributed by atoms with van der Waals surface area (Å²) in [5.74, 6) is -0.346. The Kier molecular flexibility index (Phi) is 7.51. The lowest BCUT2D eigenvalue weighted by molar-refractivity contribution is 0.0650. The van der Waals surface area contributed by atoms with Gasteiger partial charge in [-0.1, -0.05) is 55.8 Å². The van der Waals surface area contributed by atoms with Crippen molar-refractivity contribution >= 4 is 33.3 Å². The number of Topliss-reactive ketones (excluding diaryl/α,β-unsaturated/α-hetero) is 1. The van der Waals surface area contributed by atoms with Gasteiger partial charge in [-0.3, -0.25) is 9.59 Å². The molecule has 6 nitrogen and oxygen atoms in total. The lowest BCUT2D eigenvalue weighted by Crippen LogP contribution is -2.40. The minimum absolute atomic E-state index is 0.0538. The van der Waals surface area contributed by atoms with Crippen LogP contribution in [0.2, 0.25) is 5.02 Å². The van der Waals surface area contributed by atoms with Gasteiger partial charge in [0.25, 0.3) is 5.91 Å². The number of hydrogen-bond acceptors (Lipinski definition) is 4. The SMILES string of the molecule is CCN(CC)S(=O)(=O)c1ccc(Cl)c(C(=O)N2CCC(C(=O)c3ccccc3)CC2)c1. The number of amides is 1. The van der Waals surface area contributed by atoms with Crippen LogP contribution < -0.4 is 0 Å². The van der Waals surface area contributed by atoms with E-state index in [1.54, 1.807) is 18.7 Å². The summed E-state index contributed by atoms with van der Waals surface area (Å²) in [6.45, 7) is 5.06. The molecule has 166 valence electrons. The predicted octanol–water partition coefficient (Wildman–Crippen LogP) is 4.11. The van der Waals surface area contributed by atoms with E-state index in [2.05, 4.69) is 0 Å². The second-order valence-electron chi connectivity index (χ2n) is 7.53. The molecule has 0 N–H and O–H groups in total. The normalized spacial score (nSPS) is 15.3. The van der Waals surface area contributed by atoms with E-state index < -0.39 is 10.0 Å². The van der Waals surface area contributed by atoms with Gasteiger partial charge >= 0.3 is 0 Å². The fraction of sp³-hybridized carbons (Fsp3) is 0.391. The molecule has 1 aliphatic rings. The second-order valence-corrected chi connectivity index (χ2v) is 9.87. The standard InChI is InChI=1S/C23H27ClN2O4S/c1-3-26(4-2)31(29,30)19-10-11-21(24)20(16-19)23(28)25-14-12-18(13-15-25)22(27)17-8-6-5-7-9-17/h5-11,16,18H,3-4,12-15H2,1-2H3. The Balaban J connectivity index is 1.75. The lowest BCUT2D eigenvalue weighted by atomic mass is 9.88. The first-order valence-corrected chi connectivity index (χ1v) is 12.3. The van der Waals surface area contributed by atoms with Crippen molar-refractivity contribution in [3.63, 3.8) is 0 Å². The number of hydrogen-bond donors (Lipinski definition) is 0. The van der Waals surface area contributed by atoms with Gasteiger partial charge in [0.2, 0.25) is 10.0 Å². The highest BCUT2D eigenvalue weighted by Gasteiger charge is 2.30. The Bertz CT molecular complexity index is 1040. The molecule has 1 aliphatic heterocycles. The largest absolute Gasteiger partial charge is 0.339 e. The van der Waals surface area contributed by atoms with Gasteiger partial charge in [0.1, 0.15) is 0 Å². The maximum atomic E-state index is 13.1. The molecule has 0 spiro atoms. The highest BCUT2D eigenvalue weighted by atomic mass is 35.5. The molecular formula is C23H27ClN2O4S. The van der Waals surface area contributed by atoms with Crippen LogP contribution in [0.15, 0.2) is 53.4 Å². The first kappa shape index (κ1) is 23.4. The third-order valence-electron chi connectivity index (χ3n) is 5.72. The summed E-state index contributed by atoms with van der Waals surface area (Å²) >= 11 is 6.26. The summed E-state index contributed by atoms with van der Waals surface area (Å²) in [5, 5.41) is 0.214. The van der Waals surface area contributed by atoms with Gasteiger partial charge in [-0.25, -0.2) is 8.42 Å². The molecule has 1 heterocycles. The van der Waals surface area contributed by atoms with Gasteiger partial charge in [0, 0.05) is 37.7 Å². The summed E-state index contributed by atoms with van der Waals surface area (Å²) in [6, 6.07) is 13.4. The number of benzene rings is 2. The summed E-state index contributed by atoms with van der Waals surface area (Å²) in [7, 11) is -3.70. The van der Waals surface area contributed by atoms with Crippen molar-refractivity contribution in [1.29, 1.82) is 0 Å². The fourth-order valence-corrected chi connectivity index (χ4v) is 5.58. The number of piperidine rings is 1. The van der Waals surface area contributed by atoms with Crippen LogP contribution in [0.4, 0.5) is 0 Å². The first-order chi connectivity index (χ1) is 14.8. The van der Waals surface area contributed by atoms with Crippen molar-refractivity contribution in [2.75, 3.05) is 26.2 Å². The van der Waals surface area contributed by atoms with E-state index >= 15 is 0 Å². The van der Waals surface area contributed by atoms with Crippen molar-refractivity contribution in [2.24, 2.45) is 5.92 Å². The molecule has 0 unspecified atom stereocenters. The molecule has 0 bridgehead atoms. The third-order valence-corrected chi connectivity index (χ3v) is 8.10. The summed E-state index contributed by atoms with van der Waals surface area (Å²) < 4.78 is 27.0. The zero-order valence-corrected chi connectivity index (χ0v) is 19.3.